The van der Waals surface area contributed by atoms with Crippen molar-refractivity contribution in [2.45, 2.75) is 50.6 Å². The Hall–Kier alpha value is -3.19. The highest BCUT2D eigenvalue weighted by Gasteiger charge is 2.24. The molecule has 0 saturated carbocycles. The molecule has 4 rings (SSSR count). The number of hydrogen-bond acceptors (Lipinski definition) is 4. The molecule has 2 aromatic rings. The molecule has 0 radical (unpaired) electrons. The van der Waals surface area contributed by atoms with Gasteiger partial charge in [0.25, 0.3) is 0 Å². The third kappa shape index (κ3) is 5.25. The van der Waals surface area contributed by atoms with Gasteiger partial charge in [0.15, 0.2) is 11.0 Å². The second kappa shape index (κ2) is 10.2. The molecule has 1 atom stereocenters. The first-order chi connectivity index (χ1) is 16.0. The average Bonchev–Trinajstić information content (AvgIpc) is 3.24. The fourth-order valence-electron chi connectivity index (χ4n) is 3.72. The lowest BCUT2D eigenvalue weighted by atomic mass is 10.1. The van der Waals surface area contributed by atoms with Crippen LogP contribution in [0.1, 0.15) is 43.0 Å². The van der Waals surface area contributed by atoms with Gasteiger partial charge >= 0.3 is 0 Å². The normalized spacial score (nSPS) is 12.1. The van der Waals surface area contributed by atoms with Crippen LogP contribution in [0.15, 0.2) is 66.0 Å². The second-order valence-electron chi connectivity index (χ2n) is 7.96. The monoisotopic (exact) mass is 462 g/mol. The van der Waals surface area contributed by atoms with Crippen molar-refractivity contribution in [3.8, 4) is 11.5 Å². The van der Waals surface area contributed by atoms with Crippen molar-refractivity contribution < 1.29 is 9.18 Å². The lowest BCUT2D eigenvalue weighted by Gasteiger charge is -2.21. The number of thioether (sulfide) groups is 1. The molecular weight excluding hydrogens is 435 g/mol. The van der Waals surface area contributed by atoms with E-state index >= 15 is 0 Å². The molecule has 2 heterocycles. The van der Waals surface area contributed by atoms with E-state index in [9.17, 15) is 9.18 Å². The number of fused-ring (bicyclic) bond motifs is 1. The van der Waals surface area contributed by atoms with Crippen LogP contribution < -0.4 is 5.32 Å². The van der Waals surface area contributed by atoms with Gasteiger partial charge < -0.3 is 9.88 Å². The van der Waals surface area contributed by atoms with E-state index in [2.05, 4.69) is 23.3 Å². The van der Waals surface area contributed by atoms with Crippen molar-refractivity contribution in [2.24, 2.45) is 0 Å². The van der Waals surface area contributed by atoms with Crippen molar-refractivity contribution in [3.63, 3.8) is 0 Å². The lowest BCUT2D eigenvalue weighted by molar-refractivity contribution is -0.119. The van der Waals surface area contributed by atoms with Crippen molar-refractivity contribution in [1.29, 1.82) is 0 Å². The maximum atomic E-state index is 13.3. The number of hydrogen-bond donors (Lipinski definition) is 1. The number of anilines is 1. The molecule has 1 amide bonds. The number of nitrogens with zero attached hydrogens (tertiary/aromatic N) is 3. The van der Waals surface area contributed by atoms with Gasteiger partial charge in [-0.2, -0.15) is 0 Å². The highest BCUT2D eigenvalue weighted by atomic mass is 32.2. The number of amides is 1. The van der Waals surface area contributed by atoms with Crippen LogP contribution in [-0.2, 0) is 17.0 Å². The van der Waals surface area contributed by atoms with E-state index in [1.807, 2.05) is 48.9 Å². The molecule has 0 bridgehead atoms. The number of aryl methyl sites for hydroxylation is 2. The molecule has 5 nitrogen and oxygen atoms in total. The minimum Gasteiger partial charge on any atom is -0.324 e. The van der Waals surface area contributed by atoms with Gasteiger partial charge in [0, 0.05) is 17.6 Å². The Kier molecular flexibility index (Phi) is 7.08. The fourth-order valence-corrected chi connectivity index (χ4v) is 4.52. The first-order valence-electron chi connectivity index (χ1n) is 11.1. The molecule has 2 aliphatic heterocycles. The molecule has 1 unspecified atom stereocenters. The zero-order valence-corrected chi connectivity index (χ0v) is 19.8. The number of carbonyl (C=O) groups is 1. The van der Waals surface area contributed by atoms with Crippen LogP contribution in [-0.4, -0.2) is 20.4 Å². The summed E-state index contributed by atoms with van der Waals surface area (Å²) in [6.07, 6.45) is 3.41. The van der Waals surface area contributed by atoms with E-state index in [0.717, 1.165) is 28.9 Å². The summed E-state index contributed by atoms with van der Waals surface area (Å²) in [5.41, 5.74) is 4.80. The largest absolute Gasteiger partial charge is 0.324 e. The fraction of sp³-hybridized carbons (Fsp3) is 0.269. The average molecular weight is 463 g/mol. The first kappa shape index (κ1) is 23.0. The van der Waals surface area contributed by atoms with Crippen molar-refractivity contribution in [3.05, 3.63) is 83.3 Å². The summed E-state index contributed by atoms with van der Waals surface area (Å²) in [7, 11) is 0. The van der Waals surface area contributed by atoms with Crippen LogP contribution in [0.4, 0.5) is 10.1 Å². The predicted molar refractivity (Wildman–Crippen MR) is 131 cm³/mol. The Labute approximate surface area is 197 Å². The summed E-state index contributed by atoms with van der Waals surface area (Å²) in [6, 6.07) is 16.0. The van der Waals surface area contributed by atoms with Crippen molar-refractivity contribution >= 4 is 23.4 Å². The predicted octanol–water partition coefficient (Wildman–Crippen LogP) is 6.27. The molecular formula is C26H27FN4OS. The standard InChI is InChI=1S/C26H27FN4OS/c1-4-18-9-8-17(3)22(15-18)28-25(32)23(5-2)31-14-6-7-21-24(31)30-26(29-21)33-16-19-10-12-20(27)13-11-19/h6-15,23H,4-5,16H2,1-3H3,(H,28,32). The van der Waals surface area contributed by atoms with Gasteiger partial charge in [-0.15, -0.1) is 0 Å². The van der Waals surface area contributed by atoms with Crippen LogP contribution in [0.25, 0.3) is 11.5 Å². The SMILES string of the molecule is CCc1ccc(C)c(NC(=O)C(CC)n2cccc3nc(SCc4ccc(F)cc4)nc2-3)c1. The van der Waals surface area contributed by atoms with Gasteiger partial charge in [-0.25, -0.2) is 14.4 Å². The second-order valence-corrected chi connectivity index (χ2v) is 8.90. The van der Waals surface area contributed by atoms with Crippen LogP contribution in [0.5, 0.6) is 0 Å². The number of aromatic nitrogens is 3. The maximum Gasteiger partial charge on any atom is 0.247 e. The minimum atomic E-state index is -0.412. The Morgan fingerprint density at radius 2 is 1.85 bits per heavy atom. The van der Waals surface area contributed by atoms with Gasteiger partial charge in [0.2, 0.25) is 5.91 Å². The Morgan fingerprint density at radius 3 is 2.58 bits per heavy atom. The van der Waals surface area contributed by atoms with Gasteiger partial charge in [-0.3, -0.25) is 4.79 Å². The molecule has 0 aromatic heterocycles. The highest BCUT2D eigenvalue weighted by Crippen LogP contribution is 2.30. The maximum absolute atomic E-state index is 13.3. The molecule has 33 heavy (non-hydrogen) atoms. The van der Waals surface area contributed by atoms with E-state index in [4.69, 9.17) is 4.98 Å². The van der Waals surface area contributed by atoms with Crippen LogP contribution in [0.3, 0.4) is 0 Å². The minimum absolute atomic E-state index is 0.0742. The number of halogens is 1. The topological polar surface area (TPSA) is 59.8 Å². The number of nitrogens with one attached hydrogen (secondary N) is 1. The summed E-state index contributed by atoms with van der Waals surface area (Å²) < 4.78 is 15.0. The summed E-state index contributed by atoms with van der Waals surface area (Å²) in [5, 5.41) is 3.75. The highest BCUT2D eigenvalue weighted by molar-refractivity contribution is 7.98. The van der Waals surface area contributed by atoms with Crippen LogP contribution >= 0.6 is 11.8 Å². The number of pyridine rings is 1. The zero-order chi connectivity index (χ0) is 23.4. The Bertz CT molecular complexity index is 1220. The molecule has 0 aliphatic carbocycles. The van der Waals surface area contributed by atoms with Gasteiger partial charge in [0.05, 0.1) is 0 Å². The van der Waals surface area contributed by atoms with E-state index in [1.54, 1.807) is 12.1 Å². The number of rotatable bonds is 8. The third-order valence-electron chi connectivity index (χ3n) is 5.67. The molecule has 0 fully saturated rings. The molecule has 170 valence electrons. The first-order valence-corrected chi connectivity index (χ1v) is 12.1. The summed E-state index contributed by atoms with van der Waals surface area (Å²) in [5.74, 6) is 0.997. The smallest absolute Gasteiger partial charge is 0.247 e. The molecule has 2 aromatic carbocycles. The van der Waals surface area contributed by atoms with Crippen LogP contribution in [0.2, 0.25) is 0 Å². The van der Waals surface area contributed by atoms with Gasteiger partial charge in [0.1, 0.15) is 17.6 Å². The quantitative estimate of drug-likeness (QED) is 0.313. The Morgan fingerprint density at radius 1 is 1.09 bits per heavy atom. The summed E-state index contributed by atoms with van der Waals surface area (Å²) >= 11 is 1.49. The summed E-state index contributed by atoms with van der Waals surface area (Å²) in [6.45, 7) is 6.09. The van der Waals surface area contributed by atoms with Crippen molar-refractivity contribution in [2.75, 3.05) is 5.32 Å². The Balaban J connectivity index is 1.55. The van der Waals surface area contributed by atoms with E-state index in [1.165, 1.54) is 29.5 Å². The zero-order valence-electron chi connectivity index (χ0n) is 19.0. The number of benzene rings is 2. The van der Waals surface area contributed by atoms with E-state index < -0.39 is 6.04 Å². The molecule has 1 N–H and O–H groups in total. The molecule has 2 aliphatic rings. The molecule has 0 spiro atoms. The number of imidazole rings is 1. The van der Waals surface area contributed by atoms with Crippen molar-refractivity contribution in [1.82, 2.24) is 14.5 Å². The van der Waals surface area contributed by atoms with Crippen LogP contribution in [0, 0.1) is 12.7 Å². The number of carbonyl (C=O) groups excluding carboxylic acids is 1. The molecule has 7 heteroatoms. The van der Waals surface area contributed by atoms with E-state index in [0.29, 0.717) is 23.2 Å². The van der Waals surface area contributed by atoms with E-state index in [-0.39, 0.29) is 11.7 Å². The van der Waals surface area contributed by atoms with Gasteiger partial charge in [-0.1, -0.05) is 49.9 Å². The summed E-state index contributed by atoms with van der Waals surface area (Å²) in [4.78, 5) is 22.6. The third-order valence-corrected chi connectivity index (χ3v) is 6.58. The lowest BCUT2D eigenvalue weighted by Crippen LogP contribution is -2.27. The van der Waals surface area contributed by atoms with Gasteiger partial charge in [-0.05, 0) is 66.8 Å². The molecule has 0 saturated heterocycles.